The number of carbonyl (C=O) groups is 1. The number of aromatic carboxylic acids is 1. The Labute approximate surface area is 195 Å². The molecular formula is C27H31N3O3. The highest BCUT2D eigenvalue weighted by Crippen LogP contribution is 2.34. The molecule has 0 fully saturated rings. The molecule has 2 N–H and O–H groups in total. The van der Waals surface area contributed by atoms with Crippen molar-refractivity contribution < 1.29 is 14.6 Å². The SMILES string of the molecule is Cc1cc(OC(C)C)ccc1-c1ccc2c(c1)CCN(C)[C@H]2CNc1cnccc1C(=O)O. The molecule has 3 aromatic rings. The number of hydrogen-bond donors (Lipinski definition) is 2. The average Bonchev–Trinajstić information content (AvgIpc) is 2.78. The number of aromatic nitrogens is 1. The number of benzene rings is 2. The number of carboxylic acid groups (broad SMARTS) is 1. The van der Waals surface area contributed by atoms with Gasteiger partial charge in [-0.25, -0.2) is 4.79 Å². The largest absolute Gasteiger partial charge is 0.491 e. The van der Waals surface area contributed by atoms with Crippen LogP contribution in [-0.2, 0) is 6.42 Å². The van der Waals surface area contributed by atoms with Crippen LogP contribution in [0.5, 0.6) is 5.75 Å². The number of nitrogens with zero attached hydrogens (tertiary/aromatic N) is 2. The van der Waals surface area contributed by atoms with Crippen LogP contribution in [0.1, 0.15) is 46.9 Å². The van der Waals surface area contributed by atoms with Crippen LogP contribution in [-0.4, -0.2) is 47.2 Å². The fraction of sp³-hybridized carbons (Fsp3) is 0.333. The Kier molecular flexibility index (Phi) is 6.65. The summed E-state index contributed by atoms with van der Waals surface area (Å²) in [5.74, 6) is -0.0600. The zero-order valence-corrected chi connectivity index (χ0v) is 19.6. The van der Waals surface area contributed by atoms with Crippen molar-refractivity contribution in [2.45, 2.75) is 39.3 Å². The Morgan fingerprint density at radius 3 is 2.79 bits per heavy atom. The Hall–Kier alpha value is -3.38. The zero-order chi connectivity index (χ0) is 23.5. The van der Waals surface area contributed by atoms with E-state index in [1.165, 1.54) is 40.1 Å². The summed E-state index contributed by atoms with van der Waals surface area (Å²) in [6.07, 6.45) is 4.21. The first-order valence-corrected chi connectivity index (χ1v) is 11.4. The van der Waals surface area contributed by atoms with E-state index in [1.807, 2.05) is 19.9 Å². The molecule has 6 heteroatoms. The molecule has 4 rings (SSSR count). The minimum absolute atomic E-state index is 0.146. The van der Waals surface area contributed by atoms with Gasteiger partial charge in [0.1, 0.15) is 5.75 Å². The minimum atomic E-state index is -0.956. The van der Waals surface area contributed by atoms with E-state index >= 15 is 0 Å². The number of likely N-dealkylation sites (N-methyl/N-ethyl adjacent to an activating group) is 1. The summed E-state index contributed by atoms with van der Waals surface area (Å²) in [4.78, 5) is 17.9. The van der Waals surface area contributed by atoms with E-state index in [0.717, 1.165) is 18.7 Å². The summed E-state index contributed by atoms with van der Waals surface area (Å²) in [7, 11) is 2.11. The standard InChI is InChI=1S/C27H31N3O3/c1-17(2)33-21-6-8-22(18(3)13-21)19-5-7-23-20(14-19)10-12-30(4)26(23)16-29-25-15-28-11-9-24(25)27(31)32/h5-9,11,13-15,17,26,29H,10,12,16H2,1-4H3,(H,31,32)/t26-/m0/s1. The zero-order valence-electron chi connectivity index (χ0n) is 19.6. The normalized spacial score (nSPS) is 15.8. The molecule has 0 amide bonds. The molecule has 33 heavy (non-hydrogen) atoms. The quantitative estimate of drug-likeness (QED) is 0.522. The maximum absolute atomic E-state index is 11.5. The van der Waals surface area contributed by atoms with E-state index in [2.05, 4.69) is 59.5 Å². The van der Waals surface area contributed by atoms with E-state index in [1.54, 1.807) is 6.20 Å². The van der Waals surface area contributed by atoms with Crippen LogP contribution < -0.4 is 10.1 Å². The molecule has 1 aliphatic heterocycles. The van der Waals surface area contributed by atoms with Crippen molar-refractivity contribution >= 4 is 11.7 Å². The second kappa shape index (κ2) is 9.63. The van der Waals surface area contributed by atoms with Gasteiger partial charge in [-0.1, -0.05) is 24.3 Å². The molecule has 172 valence electrons. The van der Waals surface area contributed by atoms with Gasteiger partial charge in [-0.15, -0.1) is 0 Å². The summed E-state index contributed by atoms with van der Waals surface area (Å²) in [6.45, 7) is 7.74. The number of aryl methyl sites for hydroxylation is 1. The molecule has 2 heterocycles. The molecule has 0 spiro atoms. The third kappa shape index (κ3) is 5.01. The Morgan fingerprint density at radius 2 is 2.06 bits per heavy atom. The lowest BCUT2D eigenvalue weighted by atomic mass is 9.89. The summed E-state index contributed by atoms with van der Waals surface area (Å²) >= 11 is 0. The lowest BCUT2D eigenvalue weighted by Gasteiger charge is -2.35. The first kappa shape index (κ1) is 22.8. The number of carboxylic acids is 1. The van der Waals surface area contributed by atoms with Crippen molar-refractivity contribution in [3.8, 4) is 16.9 Å². The van der Waals surface area contributed by atoms with Crippen LogP contribution in [0.25, 0.3) is 11.1 Å². The second-order valence-corrected chi connectivity index (χ2v) is 8.91. The molecular weight excluding hydrogens is 414 g/mol. The van der Waals surface area contributed by atoms with Crippen molar-refractivity contribution in [1.82, 2.24) is 9.88 Å². The number of nitrogens with one attached hydrogen (secondary N) is 1. The van der Waals surface area contributed by atoms with Crippen molar-refractivity contribution in [2.75, 3.05) is 25.5 Å². The number of fused-ring (bicyclic) bond motifs is 1. The fourth-order valence-corrected chi connectivity index (χ4v) is 4.50. The van der Waals surface area contributed by atoms with Crippen LogP contribution in [0.3, 0.4) is 0 Å². The minimum Gasteiger partial charge on any atom is -0.491 e. The van der Waals surface area contributed by atoms with E-state index in [4.69, 9.17) is 4.74 Å². The van der Waals surface area contributed by atoms with E-state index in [0.29, 0.717) is 12.2 Å². The van der Waals surface area contributed by atoms with Crippen LogP contribution in [0.15, 0.2) is 54.9 Å². The molecule has 0 bridgehead atoms. The van der Waals surface area contributed by atoms with E-state index in [-0.39, 0.29) is 17.7 Å². The van der Waals surface area contributed by atoms with Gasteiger partial charge in [-0.05, 0) is 80.3 Å². The van der Waals surface area contributed by atoms with Crippen LogP contribution in [0.4, 0.5) is 5.69 Å². The van der Waals surface area contributed by atoms with Crippen LogP contribution in [0, 0.1) is 6.92 Å². The smallest absolute Gasteiger partial charge is 0.337 e. The van der Waals surface area contributed by atoms with Crippen LogP contribution >= 0.6 is 0 Å². The van der Waals surface area contributed by atoms with Crippen molar-refractivity contribution in [3.63, 3.8) is 0 Å². The highest BCUT2D eigenvalue weighted by Gasteiger charge is 2.25. The third-order valence-electron chi connectivity index (χ3n) is 6.19. The van der Waals surface area contributed by atoms with Gasteiger partial charge in [0.2, 0.25) is 0 Å². The van der Waals surface area contributed by atoms with Crippen molar-refractivity contribution in [2.24, 2.45) is 0 Å². The second-order valence-electron chi connectivity index (χ2n) is 8.91. The lowest BCUT2D eigenvalue weighted by molar-refractivity contribution is 0.0697. The molecule has 6 nitrogen and oxygen atoms in total. The molecule has 0 radical (unpaired) electrons. The summed E-state index contributed by atoms with van der Waals surface area (Å²) in [5, 5.41) is 12.8. The number of rotatable bonds is 7. The first-order chi connectivity index (χ1) is 15.8. The van der Waals surface area contributed by atoms with Gasteiger partial charge >= 0.3 is 5.97 Å². The molecule has 0 saturated heterocycles. The van der Waals surface area contributed by atoms with Gasteiger partial charge < -0.3 is 15.2 Å². The Morgan fingerprint density at radius 1 is 1.24 bits per heavy atom. The Balaban J connectivity index is 1.58. The number of pyridine rings is 1. The van der Waals surface area contributed by atoms with Gasteiger partial charge in [0.05, 0.1) is 29.6 Å². The maximum atomic E-state index is 11.5. The van der Waals surface area contributed by atoms with E-state index in [9.17, 15) is 9.90 Å². The molecule has 0 saturated carbocycles. The predicted molar refractivity (Wildman–Crippen MR) is 131 cm³/mol. The summed E-state index contributed by atoms with van der Waals surface area (Å²) in [6, 6.07) is 14.6. The lowest BCUT2D eigenvalue weighted by Crippen LogP contribution is -2.36. The molecule has 1 aliphatic rings. The van der Waals surface area contributed by atoms with Gasteiger partial charge in [0.15, 0.2) is 0 Å². The van der Waals surface area contributed by atoms with Crippen molar-refractivity contribution in [3.05, 3.63) is 77.1 Å². The number of ether oxygens (including phenoxy) is 1. The molecule has 0 aliphatic carbocycles. The first-order valence-electron chi connectivity index (χ1n) is 11.4. The topological polar surface area (TPSA) is 74.7 Å². The third-order valence-corrected chi connectivity index (χ3v) is 6.19. The maximum Gasteiger partial charge on any atom is 0.337 e. The molecule has 0 unspecified atom stereocenters. The predicted octanol–water partition coefficient (Wildman–Crippen LogP) is 5.18. The Bertz CT molecular complexity index is 1160. The number of hydrogen-bond acceptors (Lipinski definition) is 5. The highest BCUT2D eigenvalue weighted by atomic mass is 16.5. The molecule has 1 aromatic heterocycles. The van der Waals surface area contributed by atoms with Gasteiger partial charge in [-0.3, -0.25) is 9.88 Å². The molecule has 1 atom stereocenters. The van der Waals surface area contributed by atoms with E-state index < -0.39 is 5.97 Å². The summed E-state index contributed by atoms with van der Waals surface area (Å²) in [5.41, 5.74) is 7.00. The average molecular weight is 446 g/mol. The fourth-order valence-electron chi connectivity index (χ4n) is 4.50. The molecule has 2 aromatic carbocycles. The summed E-state index contributed by atoms with van der Waals surface area (Å²) < 4.78 is 5.84. The monoisotopic (exact) mass is 445 g/mol. The van der Waals surface area contributed by atoms with Gasteiger partial charge in [0, 0.05) is 19.3 Å². The van der Waals surface area contributed by atoms with Gasteiger partial charge in [0.25, 0.3) is 0 Å². The number of anilines is 1. The van der Waals surface area contributed by atoms with Gasteiger partial charge in [-0.2, -0.15) is 0 Å². The van der Waals surface area contributed by atoms with Crippen LogP contribution in [0.2, 0.25) is 0 Å². The van der Waals surface area contributed by atoms with Crippen molar-refractivity contribution in [1.29, 1.82) is 0 Å². The highest BCUT2D eigenvalue weighted by molar-refractivity contribution is 5.93.